The van der Waals surface area contributed by atoms with Crippen molar-refractivity contribution in [3.63, 3.8) is 0 Å². The fourth-order valence-electron chi connectivity index (χ4n) is 1.21. The molecule has 5 nitrogen and oxygen atoms in total. The molecule has 1 atom stereocenters. The van der Waals surface area contributed by atoms with E-state index in [-0.39, 0.29) is 11.4 Å². The van der Waals surface area contributed by atoms with Gasteiger partial charge < -0.3 is 10.1 Å². The first-order valence-corrected chi connectivity index (χ1v) is 5.31. The van der Waals surface area contributed by atoms with E-state index in [4.69, 9.17) is 0 Å². The van der Waals surface area contributed by atoms with Crippen LogP contribution in [0.1, 0.15) is 0 Å². The summed E-state index contributed by atoms with van der Waals surface area (Å²) in [6.07, 6.45) is -2.23. The van der Waals surface area contributed by atoms with Crippen molar-refractivity contribution < 1.29 is 18.4 Å². The maximum atomic E-state index is 12.8. The second kappa shape index (κ2) is 5.76. The molecule has 0 spiro atoms. The molecule has 8 heteroatoms. The highest BCUT2D eigenvalue weighted by Crippen LogP contribution is 2.38. The molecule has 1 N–H and O–H groups in total. The molecular formula is C9H9BrF2N2O3. The van der Waals surface area contributed by atoms with E-state index in [1.165, 1.54) is 19.2 Å². The molecule has 94 valence electrons. The van der Waals surface area contributed by atoms with Crippen LogP contribution >= 0.6 is 15.9 Å². The molecule has 0 heterocycles. The number of hydrogen-bond donors (Lipinski definition) is 1. The summed E-state index contributed by atoms with van der Waals surface area (Å²) in [5.41, 5.74) is -0.294. The summed E-state index contributed by atoms with van der Waals surface area (Å²) < 4.78 is 29.7. The van der Waals surface area contributed by atoms with E-state index in [9.17, 15) is 18.9 Å². The van der Waals surface area contributed by atoms with Crippen LogP contribution in [-0.2, 0) is 0 Å². The minimum Gasteiger partial charge on any atom is -0.450 e. The third kappa shape index (κ3) is 3.26. The second-order valence-electron chi connectivity index (χ2n) is 2.99. The first-order chi connectivity index (χ1) is 7.99. The molecule has 0 saturated heterocycles. The number of halogens is 3. The van der Waals surface area contributed by atoms with E-state index in [2.05, 4.69) is 26.0 Å². The van der Waals surface area contributed by atoms with E-state index >= 15 is 0 Å². The Morgan fingerprint density at radius 3 is 2.76 bits per heavy atom. The van der Waals surface area contributed by atoms with Gasteiger partial charge in [-0.3, -0.25) is 10.1 Å². The zero-order valence-corrected chi connectivity index (χ0v) is 10.3. The summed E-state index contributed by atoms with van der Waals surface area (Å²) in [7, 11) is 1.47. The van der Waals surface area contributed by atoms with Gasteiger partial charge in [0.15, 0.2) is 6.67 Å². The van der Waals surface area contributed by atoms with Crippen molar-refractivity contribution in [2.24, 2.45) is 0 Å². The summed E-state index contributed by atoms with van der Waals surface area (Å²) in [4.78, 5) is 10.1. The number of alkyl halides is 2. The second-order valence-corrected chi connectivity index (χ2v) is 3.91. The highest BCUT2D eigenvalue weighted by atomic mass is 79.9. The molecular weight excluding hydrogens is 302 g/mol. The summed E-state index contributed by atoms with van der Waals surface area (Å²) in [6.45, 7) is -1.38. The predicted molar refractivity (Wildman–Crippen MR) is 61.8 cm³/mol. The topological polar surface area (TPSA) is 64.4 Å². The first kappa shape index (κ1) is 13.6. The van der Waals surface area contributed by atoms with Gasteiger partial charge in [0.1, 0.15) is 5.69 Å². The van der Waals surface area contributed by atoms with Crippen LogP contribution in [0.5, 0.6) is 5.75 Å². The number of hydrogen-bond acceptors (Lipinski definition) is 4. The molecule has 0 aromatic heterocycles. The normalized spacial score (nSPS) is 12.0. The lowest BCUT2D eigenvalue weighted by Gasteiger charge is -2.11. The number of rotatable bonds is 5. The van der Waals surface area contributed by atoms with E-state index in [0.717, 1.165) is 0 Å². The van der Waals surface area contributed by atoms with Gasteiger partial charge in [0.2, 0.25) is 5.75 Å². The lowest BCUT2D eigenvalue weighted by atomic mass is 10.2. The minimum absolute atomic E-state index is 0.144. The molecule has 0 aliphatic rings. The van der Waals surface area contributed by atoms with Crippen molar-refractivity contribution in [3.8, 4) is 5.75 Å². The Balaban J connectivity index is 3.25. The van der Waals surface area contributed by atoms with Gasteiger partial charge >= 0.3 is 5.69 Å². The van der Waals surface area contributed by atoms with Gasteiger partial charge in [0.05, 0.1) is 4.92 Å². The molecule has 0 amide bonds. The molecule has 0 aliphatic carbocycles. The van der Waals surface area contributed by atoms with Crippen LogP contribution in [0.3, 0.4) is 0 Å². The number of nitro benzene ring substituents is 1. The van der Waals surface area contributed by atoms with Gasteiger partial charge in [-0.2, -0.15) is 4.39 Å². The maximum absolute atomic E-state index is 12.8. The summed E-state index contributed by atoms with van der Waals surface area (Å²) in [5.74, 6) is -0.334. The quantitative estimate of drug-likeness (QED) is 0.670. The van der Waals surface area contributed by atoms with Gasteiger partial charge in [0.25, 0.3) is 6.36 Å². The largest absolute Gasteiger partial charge is 0.450 e. The number of nitrogens with one attached hydrogen (secondary N) is 1. The monoisotopic (exact) mass is 310 g/mol. The fourth-order valence-corrected chi connectivity index (χ4v) is 1.65. The molecule has 0 bridgehead atoms. The Morgan fingerprint density at radius 1 is 1.65 bits per heavy atom. The van der Waals surface area contributed by atoms with Crippen LogP contribution in [0.15, 0.2) is 16.6 Å². The average molecular weight is 311 g/mol. The molecule has 0 radical (unpaired) electrons. The third-order valence-corrected chi connectivity index (χ3v) is 2.33. The number of anilines is 1. The zero-order valence-electron chi connectivity index (χ0n) is 8.75. The van der Waals surface area contributed by atoms with Crippen LogP contribution in [0.25, 0.3) is 0 Å². The fraction of sp³-hybridized carbons (Fsp3) is 0.333. The van der Waals surface area contributed by atoms with Crippen molar-refractivity contribution in [1.29, 1.82) is 0 Å². The molecule has 0 saturated carbocycles. The van der Waals surface area contributed by atoms with Crippen molar-refractivity contribution in [3.05, 3.63) is 26.7 Å². The average Bonchev–Trinajstić information content (AvgIpc) is 2.27. The van der Waals surface area contributed by atoms with E-state index < -0.39 is 23.6 Å². The molecule has 17 heavy (non-hydrogen) atoms. The molecule has 1 aromatic rings. The van der Waals surface area contributed by atoms with Gasteiger partial charge in [-0.05, 0) is 6.07 Å². The minimum atomic E-state index is -2.23. The molecule has 0 aliphatic heterocycles. The summed E-state index contributed by atoms with van der Waals surface area (Å²) >= 11 is 3.09. The SMILES string of the molecule is CNc1cc(Br)cc(OC(F)CF)c1[N+](=O)[O-]. The van der Waals surface area contributed by atoms with Gasteiger partial charge in [0, 0.05) is 17.6 Å². The van der Waals surface area contributed by atoms with Crippen molar-refractivity contribution in [2.75, 3.05) is 19.0 Å². The lowest BCUT2D eigenvalue weighted by molar-refractivity contribution is -0.385. The lowest BCUT2D eigenvalue weighted by Crippen LogP contribution is -2.13. The first-order valence-electron chi connectivity index (χ1n) is 4.52. The van der Waals surface area contributed by atoms with Gasteiger partial charge in [-0.25, -0.2) is 4.39 Å². The Morgan fingerprint density at radius 2 is 2.29 bits per heavy atom. The Kier molecular flexibility index (Phi) is 4.62. The van der Waals surface area contributed by atoms with Crippen molar-refractivity contribution >= 4 is 27.3 Å². The number of benzene rings is 1. The van der Waals surface area contributed by atoms with Crippen LogP contribution in [0, 0.1) is 10.1 Å². The maximum Gasteiger partial charge on any atom is 0.333 e. The molecule has 0 fully saturated rings. The Hall–Kier alpha value is -1.44. The van der Waals surface area contributed by atoms with Gasteiger partial charge in [-0.1, -0.05) is 15.9 Å². The Labute approximate surface area is 104 Å². The zero-order chi connectivity index (χ0) is 13.0. The van der Waals surface area contributed by atoms with Crippen molar-refractivity contribution in [2.45, 2.75) is 6.36 Å². The predicted octanol–water partition coefficient (Wildman–Crippen LogP) is 3.04. The molecule has 1 rings (SSSR count). The van der Waals surface area contributed by atoms with Crippen LogP contribution in [0.2, 0.25) is 0 Å². The van der Waals surface area contributed by atoms with Crippen LogP contribution in [-0.4, -0.2) is 25.0 Å². The smallest absolute Gasteiger partial charge is 0.333 e. The third-order valence-electron chi connectivity index (χ3n) is 1.87. The Bertz CT molecular complexity index is 431. The highest BCUT2D eigenvalue weighted by Gasteiger charge is 2.24. The summed E-state index contributed by atoms with van der Waals surface area (Å²) in [6, 6.07) is 2.65. The molecule has 1 unspecified atom stereocenters. The van der Waals surface area contributed by atoms with E-state index in [0.29, 0.717) is 4.47 Å². The number of nitrogens with zero attached hydrogens (tertiary/aromatic N) is 1. The summed E-state index contributed by atoms with van der Waals surface area (Å²) in [5, 5.41) is 13.4. The van der Waals surface area contributed by atoms with Crippen molar-refractivity contribution in [1.82, 2.24) is 0 Å². The number of ether oxygens (including phenoxy) is 1. The van der Waals surface area contributed by atoms with E-state index in [1.54, 1.807) is 0 Å². The standard InChI is InChI=1S/C9H9BrF2N2O3/c1-13-6-2-5(10)3-7(9(6)14(15)16)17-8(12)4-11/h2-3,8,13H,4H2,1H3. The van der Waals surface area contributed by atoms with Gasteiger partial charge in [-0.15, -0.1) is 0 Å². The van der Waals surface area contributed by atoms with E-state index in [1.807, 2.05) is 0 Å². The highest BCUT2D eigenvalue weighted by molar-refractivity contribution is 9.10. The van der Waals surface area contributed by atoms with Crippen LogP contribution in [0.4, 0.5) is 20.2 Å². The molecule has 1 aromatic carbocycles. The number of nitro groups is 1. The van der Waals surface area contributed by atoms with Crippen LogP contribution < -0.4 is 10.1 Å².